The SMILES string of the molecule is COc1ccc(C(=O)O[C@@H](C)C(=O)Nc2ccc(Cl)cc2Cl)c(OC)c1. The van der Waals surface area contributed by atoms with Crippen LogP contribution >= 0.6 is 23.2 Å². The van der Waals surface area contributed by atoms with Gasteiger partial charge in [-0.3, -0.25) is 4.79 Å². The molecule has 0 heterocycles. The Morgan fingerprint density at radius 2 is 1.77 bits per heavy atom. The van der Waals surface area contributed by atoms with Crippen molar-refractivity contribution in [1.82, 2.24) is 0 Å². The van der Waals surface area contributed by atoms with Gasteiger partial charge in [-0.1, -0.05) is 23.2 Å². The Morgan fingerprint density at radius 1 is 1.04 bits per heavy atom. The molecule has 2 aromatic carbocycles. The third-order valence-electron chi connectivity index (χ3n) is 3.47. The summed E-state index contributed by atoms with van der Waals surface area (Å²) in [5.74, 6) is -0.423. The number of esters is 1. The van der Waals surface area contributed by atoms with E-state index in [1.165, 1.54) is 33.3 Å². The zero-order valence-corrected chi connectivity index (χ0v) is 15.9. The Labute approximate surface area is 160 Å². The van der Waals surface area contributed by atoms with Crippen LogP contribution in [0.5, 0.6) is 11.5 Å². The molecule has 26 heavy (non-hydrogen) atoms. The summed E-state index contributed by atoms with van der Waals surface area (Å²) in [5, 5.41) is 3.31. The lowest BCUT2D eigenvalue weighted by Gasteiger charge is -2.15. The molecular formula is C18H17Cl2NO5. The topological polar surface area (TPSA) is 73.9 Å². The highest BCUT2D eigenvalue weighted by Crippen LogP contribution is 2.27. The molecule has 0 aliphatic rings. The molecule has 0 fully saturated rings. The van der Waals surface area contributed by atoms with E-state index < -0.39 is 18.0 Å². The number of carbonyl (C=O) groups is 2. The van der Waals surface area contributed by atoms with Crippen molar-refractivity contribution in [2.24, 2.45) is 0 Å². The van der Waals surface area contributed by atoms with Crippen LogP contribution in [0.1, 0.15) is 17.3 Å². The Hall–Kier alpha value is -2.44. The van der Waals surface area contributed by atoms with Gasteiger partial charge in [0, 0.05) is 11.1 Å². The number of methoxy groups -OCH3 is 2. The van der Waals surface area contributed by atoms with E-state index in [-0.39, 0.29) is 16.3 Å². The molecule has 6 nitrogen and oxygen atoms in total. The maximum absolute atomic E-state index is 12.3. The summed E-state index contributed by atoms with van der Waals surface area (Å²) in [7, 11) is 2.92. The van der Waals surface area contributed by atoms with Crippen LogP contribution in [0, 0.1) is 0 Å². The minimum Gasteiger partial charge on any atom is -0.497 e. The van der Waals surface area contributed by atoms with Gasteiger partial charge in [0.05, 0.1) is 24.9 Å². The maximum atomic E-state index is 12.3. The number of anilines is 1. The van der Waals surface area contributed by atoms with Crippen LogP contribution in [0.3, 0.4) is 0 Å². The Morgan fingerprint density at radius 3 is 2.38 bits per heavy atom. The number of benzene rings is 2. The lowest BCUT2D eigenvalue weighted by atomic mass is 10.2. The monoisotopic (exact) mass is 397 g/mol. The molecular weight excluding hydrogens is 381 g/mol. The molecule has 2 aromatic rings. The minimum atomic E-state index is -1.05. The fourth-order valence-corrected chi connectivity index (χ4v) is 2.53. The largest absolute Gasteiger partial charge is 0.497 e. The van der Waals surface area contributed by atoms with Gasteiger partial charge in [0.2, 0.25) is 0 Å². The van der Waals surface area contributed by atoms with Gasteiger partial charge < -0.3 is 19.5 Å². The fraction of sp³-hybridized carbons (Fsp3) is 0.222. The zero-order valence-electron chi connectivity index (χ0n) is 14.3. The number of halogens is 2. The van der Waals surface area contributed by atoms with Crippen LogP contribution < -0.4 is 14.8 Å². The molecule has 1 amide bonds. The quantitative estimate of drug-likeness (QED) is 0.739. The lowest BCUT2D eigenvalue weighted by molar-refractivity contribution is -0.123. The number of hydrogen-bond donors (Lipinski definition) is 1. The zero-order chi connectivity index (χ0) is 19.3. The van der Waals surface area contributed by atoms with Crippen molar-refractivity contribution in [2.75, 3.05) is 19.5 Å². The molecule has 0 saturated carbocycles. The Balaban J connectivity index is 2.07. The van der Waals surface area contributed by atoms with Crippen LogP contribution in [-0.4, -0.2) is 32.2 Å². The van der Waals surface area contributed by atoms with Crippen LogP contribution in [0.4, 0.5) is 5.69 Å². The smallest absolute Gasteiger partial charge is 0.342 e. The first-order chi connectivity index (χ1) is 12.3. The van der Waals surface area contributed by atoms with Crippen LogP contribution in [-0.2, 0) is 9.53 Å². The first-order valence-corrected chi connectivity index (χ1v) is 8.30. The molecule has 0 unspecified atom stereocenters. The second kappa shape index (κ2) is 8.78. The molecule has 138 valence electrons. The second-order valence-electron chi connectivity index (χ2n) is 5.23. The van der Waals surface area contributed by atoms with Gasteiger partial charge in [-0.15, -0.1) is 0 Å². The molecule has 1 N–H and O–H groups in total. The Kier molecular flexibility index (Phi) is 6.71. The van der Waals surface area contributed by atoms with Crippen LogP contribution in [0.2, 0.25) is 10.0 Å². The number of amides is 1. The van der Waals surface area contributed by atoms with Gasteiger partial charge >= 0.3 is 5.97 Å². The standard InChI is InChI=1S/C18H17Cl2NO5/c1-10(17(22)21-15-7-4-11(19)8-14(15)20)26-18(23)13-6-5-12(24-2)9-16(13)25-3/h4-10H,1-3H3,(H,21,22)/t10-/m0/s1. The average Bonchev–Trinajstić information content (AvgIpc) is 2.63. The summed E-state index contributed by atoms with van der Waals surface area (Å²) in [5.41, 5.74) is 0.545. The van der Waals surface area contributed by atoms with Gasteiger partial charge in [-0.25, -0.2) is 4.79 Å². The third kappa shape index (κ3) is 4.80. The molecule has 0 bridgehead atoms. The summed E-state index contributed by atoms with van der Waals surface area (Å²) in [4.78, 5) is 24.6. The van der Waals surface area contributed by atoms with Crippen molar-refractivity contribution in [3.05, 3.63) is 52.0 Å². The van der Waals surface area contributed by atoms with E-state index in [4.69, 9.17) is 37.4 Å². The molecule has 0 aliphatic heterocycles. The van der Waals surface area contributed by atoms with Crippen molar-refractivity contribution < 1.29 is 23.8 Å². The highest BCUT2D eigenvalue weighted by atomic mass is 35.5. The lowest BCUT2D eigenvalue weighted by Crippen LogP contribution is -2.30. The molecule has 0 aliphatic carbocycles. The van der Waals surface area contributed by atoms with E-state index in [1.54, 1.807) is 24.3 Å². The number of hydrogen-bond acceptors (Lipinski definition) is 5. The molecule has 0 aromatic heterocycles. The summed E-state index contributed by atoms with van der Waals surface area (Å²) in [6.45, 7) is 1.45. The highest BCUT2D eigenvalue weighted by Gasteiger charge is 2.22. The first-order valence-electron chi connectivity index (χ1n) is 7.54. The van der Waals surface area contributed by atoms with Crippen LogP contribution in [0.15, 0.2) is 36.4 Å². The van der Waals surface area contributed by atoms with Crippen molar-refractivity contribution in [3.63, 3.8) is 0 Å². The molecule has 1 atom stereocenters. The highest BCUT2D eigenvalue weighted by molar-refractivity contribution is 6.36. The van der Waals surface area contributed by atoms with Gasteiger partial charge in [-0.05, 0) is 37.3 Å². The van der Waals surface area contributed by atoms with E-state index in [2.05, 4.69) is 5.32 Å². The van der Waals surface area contributed by atoms with Gasteiger partial charge in [0.15, 0.2) is 6.10 Å². The summed E-state index contributed by atoms with van der Waals surface area (Å²) < 4.78 is 15.4. The summed E-state index contributed by atoms with van der Waals surface area (Å²) >= 11 is 11.8. The van der Waals surface area contributed by atoms with E-state index in [1.807, 2.05) is 0 Å². The molecule has 8 heteroatoms. The van der Waals surface area contributed by atoms with Gasteiger partial charge in [0.25, 0.3) is 5.91 Å². The molecule has 0 radical (unpaired) electrons. The fourth-order valence-electron chi connectivity index (χ4n) is 2.07. The van der Waals surface area contributed by atoms with Gasteiger partial charge in [0.1, 0.15) is 17.1 Å². The van der Waals surface area contributed by atoms with Crippen molar-refractivity contribution in [3.8, 4) is 11.5 Å². The number of ether oxygens (including phenoxy) is 3. The van der Waals surface area contributed by atoms with Crippen LogP contribution in [0.25, 0.3) is 0 Å². The van der Waals surface area contributed by atoms with Crippen molar-refractivity contribution >= 4 is 40.8 Å². The number of rotatable bonds is 6. The number of carbonyl (C=O) groups excluding carboxylic acids is 2. The minimum absolute atomic E-state index is 0.178. The normalized spacial score (nSPS) is 11.4. The maximum Gasteiger partial charge on any atom is 0.342 e. The second-order valence-corrected chi connectivity index (χ2v) is 6.07. The van der Waals surface area contributed by atoms with E-state index in [9.17, 15) is 9.59 Å². The molecule has 0 saturated heterocycles. The first kappa shape index (κ1) is 19.9. The van der Waals surface area contributed by atoms with E-state index in [0.29, 0.717) is 16.5 Å². The number of nitrogens with one attached hydrogen (secondary N) is 1. The average molecular weight is 398 g/mol. The predicted molar refractivity (Wildman–Crippen MR) is 99.5 cm³/mol. The molecule has 2 rings (SSSR count). The van der Waals surface area contributed by atoms with E-state index in [0.717, 1.165) is 0 Å². The molecule has 0 spiro atoms. The summed E-state index contributed by atoms with van der Waals surface area (Å²) in [6.07, 6.45) is -1.05. The Bertz CT molecular complexity index is 825. The van der Waals surface area contributed by atoms with Gasteiger partial charge in [-0.2, -0.15) is 0 Å². The summed E-state index contributed by atoms with van der Waals surface area (Å²) in [6, 6.07) is 9.29. The predicted octanol–water partition coefficient (Wildman–Crippen LogP) is 4.19. The van der Waals surface area contributed by atoms with Crippen molar-refractivity contribution in [1.29, 1.82) is 0 Å². The third-order valence-corrected chi connectivity index (χ3v) is 4.02. The van der Waals surface area contributed by atoms with Crippen molar-refractivity contribution in [2.45, 2.75) is 13.0 Å². The van der Waals surface area contributed by atoms with E-state index >= 15 is 0 Å².